The number of hydrogen-bond donors (Lipinski definition) is 1. The van der Waals surface area contributed by atoms with Gasteiger partial charge in [0.15, 0.2) is 5.82 Å². The van der Waals surface area contributed by atoms with Crippen LogP contribution >= 0.6 is 0 Å². The lowest BCUT2D eigenvalue weighted by molar-refractivity contribution is 0.489. The molecule has 0 saturated heterocycles. The van der Waals surface area contributed by atoms with E-state index < -0.39 is 0 Å². The SMILES string of the molecule is CCCNC1CCCCc2c1cnn2-c1ccc(C)nn1. The van der Waals surface area contributed by atoms with Crippen LogP contribution in [-0.2, 0) is 6.42 Å². The van der Waals surface area contributed by atoms with E-state index in [9.17, 15) is 0 Å². The Morgan fingerprint density at radius 3 is 2.95 bits per heavy atom. The van der Waals surface area contributed by atoms with Crippen LogP contribution in [-0.4, -0.2) is 26.5 Å². The van der Waals surface area contributed by atoms with E-state index in [0.29, 0.717) is 6.04 Å². The summed E-state index contributed by atoms with van der Waals surface area (Å²) in [6, 6.07) is 4.41. The van der Waals surface area contributed by atoms with Crippen molar-refractivity contribution in [1.29, 1.82) is 0 Å². The van der Waals surface area contributed by atoms with Crippen molar-refractivity contribution >= 4 is 0 Å². The maximum atomic E-state index is 4.57. The highest BCUT2D eigenvalue weighted by molar-refractivity contribution is 5.31. The van der Waals surface area contributed by atoms with Crippen molar-refractivity contribution in [1.82, 2.24) is 25.3 Å². The molecule has 0 amide bonds. The van der Waals surface area contributed by atoms with Crippen molar-refractivity contribution in [3.8, 4) is 5.82 Å². The molecule has 0 aromatic carbocycles. The molecule has 2 aromatic heterocycles. The van der Waals surface area contributed by atoms with Crippen LogP contribution in [0.5, 0.6) is 0 Å². The van der Waals surface area contributed by atoms with Crippen LogP contribution in [0.4, 0.5) is 0 Å². The van der Waals surface area contributed by atoms with Crippen molar-refractivity contribution in [2.24, 2.45) is 0 Å². The first-order valence-corrected chi connectivity index (χ1v) is 7.90. The van der Waals surface area contributed by atoms with Crippen LogP contribution < -0.4 is 5.32 Å². The molecule has 21 heavy (non-hydrogen) atoms. The van der Waals surface area contributed by atoms with E-state index in [1.807, 2.05) is 29.9 Å². The summed E-state index contributed by atoms with van der Waals surface area (Å²) in [6.45, 7) is 5.21. The van der Waals surface area contributed by atoms with Gasteiger partial charge < -0.3 is 5.32 Å². The van der Waals surface area contributed by atoms with Crippen molar-refractivity contribution in [2.75, 3.05) is 6.54 Å². The molecule has 0 radical (unpaired) electrons. The Balaban J connectivity index is 1.94. The van der Waals surface area contributed by atoms with Gasteiger partial charge in [0, 0.05) is 11.6 Å². The molecule has 1 unspecified atom stereocenters. The predicted octanol–water partition coefficient (Wildman–Crippen LogP) is 2.74. The van der Waals surface area contributed by atoms with Gasteiger partial charge in [0.2, 0.25) is 0 Å². The van der Waals surface area contributed by atoms with E-state index in [0.717, 1.165) is 30.9 Å². The summed E-state index contributed by atoms with van der Waals surface area (Å²) in [4.78, 5) is 0. The average Bonchev–Trinajstić information content (AvgIpc) is 2.81. The topological polar surface area (TPSA) is 55.6 Å². The summed E-state index contributed by atoms with van der Waals surface area (Å²) >= 11 is 0. The van der Waals surface area contributed by atoms with Gasteiger partial charge >= 0.3 is 0 Å². The fraction of sp³-hybridized carbons (Fsp3) is 0.562. The molecular weight excluding hydrogens is 262 g/mol. The van der Waals surface area contributed by atoms with E-state index in [4.69, 9.17) is 0 Å². The van der Waals surface area contributed by atoms with Crippen LogP contribution in [0.2, 0.25) is 0 Å². The summed E-state index contributed by atoms with van der Waals surface area (Å²) in [7, 11) is 0. The Kier molecular flexibility index (Phi) is 4.29. The van der Waals surface area contributed by atoms with Gasteiger partial charge in [-0.15, -0.1) is 5.10 Å². The number of nitrogens with zero attached hydrogens (tertiary/aromatic N) is 4. The molecule has 2 aromatic rings. The van der Waals surface area contributed by atoms with Crippen LogP contribution in [0.1, 0.15) is 55.6 Å². The molecule has 1 aliphatic carbocycles. The standard InChI is InChI=1S/C16H23N5/c1-3-10-17-14-6-4-5-7-15-13(14)11-18-21(15)16-9-8-12(2)19-20-16/h8-9,11,14,17H,3-7,10H2,1-2H3. The number of aromatic nitrogens is 4. The number of hydrogen-bond acceptors (Lipinski definition) is 4. The molecular formula is C16H23N5. The van der Waals surface area contributed by atoms with Crippen LogP contribution in [0.15, 0.2) is 18.3 Å². The smallest absolute Gasteiger partial charge is 0.175 e. The Hall–Kier alpha value is -1.75. The van der Waals surface area contributed by atoms with Crippen LogP contribution in [0, 0.1) is 6.92 Å². The van der Waals surface area contributed by atoms with Gasteiger partial charge in [0.05, 0.1) is 17.6 Å². The molecule has 0 saturated carbocycles. The first-order valence-electron chi connectivity index (χ1n) is 7.90. The third kappa shape index (κ3) is 2.97. The third-order valence-electron chi connectivity index (χ3n) is 4.07. The van der Waals surface area contributed by atoms with Crippen LogP contribution in [0.3, 0.4) is 0 Å². The molecule has 1 N–H and O–H groups in total. The number of fused-ring (bicyclic) bond motifs is 1. The third-order valence-corrected chi connectivity index (χ3v) is 4.07. The fourth-order valence-electron chi connectivity index (χ4n) is 2.96. The quantitative estimate of drug-likeness (QED) is 0.878. The summed E-state index contributed by atoms with van der Waals surface area (Å²) in [5.74, 6) is 0.818. The molecule has 1 aliphatic rings. The summed E-state index contributed by atoms with van der Waals surface area (Å²) < 4.78 is 1.97. The summed E-state index contributed by atoms with van der Waals surface area (Å²) in [6.07, 6.45) is 7.89. The Morgan fingerprint density at radius 2 is 2.19 bits per heavy atom. The minimum Gasteiger partial charge on any atom is -0.310 e. The minimum atomic E-state index is 0.426. The summed E-state index contributed by atoms with van der Waals surface area (Å²) in [5.41, 5.74) is 3.56. The molecule has 0 fully saturated rings. The van der Waals surface area contributed by atoms with Crippen molar-refractivity contribution in [3.63, 3.8) is 0 Å². The lowest BCUT2D eigenvalue weighted by atomic mass is 10.1. The van der Waals surface area contributed by atoms with E-state index in [2.05, 4.69) is 27.5 Å². The van der Waals surface area contributed by atoms with E-state index in [1.165, 1.54) is 30.5 Å². The Bertz CT molecular complexity index is 587. The first kappa shape index (κ1) is 14.2. The molecule has 3 rings (SSSR count). The highest BCUT2D eigenvalue weighted by Crippen LogP contribution is 2.29. The first-order chi connectivity index (χ1) is 10.3. The second-order valence-corrected chi connectivity index (χ2v) is 5.74. The summed E-state index contributed by atoms with van der Waals surface area (Å²) in [5, 5.41) is 16.7. The van der Waals surface area contributed by atoms with E-state index in [-0.39, 0.29) is 0 Å². The highest BCUT2D eigenvalue weighted by Gasteiger charge is 2.23. The molecule has 112 valence electrons. The van der Waals surface area contributed by atoms with Gasteiger partial charge in [0.25, 0.3) is 0 Å². The van der Waals surface area contributed by atoms with Crippen molar-refractivity contribution in [2.45, 2.75) is 52.0 Å². The molecule has 5 nitrogen and oxygen atoms in total. The normalized spacial score (nSPS) is 18.3. The van der Waals surface area contributed by atoms with Crippen molar-refractivity contribution in [3.05, 3.63) is 35.3 Å². The Morgan fingerprint density at radius 1 is 1.29 bits per heavy atom. The number of rotatable bonds is 4. The number of aryl methyl sites for hydroxylation is 1. The molecule has 1 atom stereocenters. The van der Waals surface area contributed by atoms with Gasteiger partial charge in [-0.1, -0.05) is 13.3 Å². The van der Waals surface area contributed by atoms with Gasteiger partial charge in [-0.2, -0.15) is 10.2 Å². The second kappa shape index (κ2) is 6.35. The zero-order valence-electron chi connectivity index (χ0n) is 12.8. The second-order valence-electron chi connectivity index (χ2n) is 5.74. The lowest BCUT2D eigenvalue weighted by Gasteiger charge is -2.16. The lowest BCUT2D eigenvalue weighted by Crippen LogP contribution is -2.22. The van der Waals surface area contributed by atoms with Gasteiger partial charge in [-0.25, -0.2) is 4.68 Å². The number of nitrogens with one attached hydrogen (secondary N) is 1. The van der Waals surface area contributed by atoms with E-state index >= 15 is 0 Å². The largest absolute Gasteiger partial charge is 0.310 e. The van der Waals surface area contributed by atoms with Crippen LogP contribution in [0.25, 0.3) is 5.82 Å². The minimum absolute atomic E-state index is 0.426. The highest BCUT2D eigenvalue weighted by atomic mass is 15.3. The van der Waals surface area contributed by atoms with E-state index in [1.54, 1.807) is 0 Å². The monoisotopic (exact) mass is 285 g/mol. The zero-order chi connectivity index (χ0) is 14.7. The predicted molar refractivity (Wildman–Crippen MR) is 82.5 cm³/mol. The molecule has 5 heteroatoms. The maximum absolute atomic E-state index is 4.57. The van der Waals surface area contributed by atoms with Crippen molar-refractivity contribution < 1.29 is 0 Å². The Labute approximate surface area is 125 Å². The maximum Gasteiger partial charge on any atom is 0.175 e. The molecule has 0 aliphatic heterocycles. The van der Waals surface area contributed by atoms with Gasteiger partial charge in [0.1, 0.15) is 0 Å². The molecule has 0 spiro atoms. The fourth-order valence-corrected chi connectivity index (χ4v) is 2.96. The molecule has 2 heterocycles. The van der Waals surface area contributed by atoms with Gasteiger partial charge in [-0.3, -0.25) is 0 Å². The zero-order valence-corrected chi connectivity index (χ0v) is 12.8. The van der Waals surface area contributed by atoms with Gasteiger partial charge in [-0.05, 0) is 51.3 Å². The average molecular weight is 285 g/mol. The molecule has 0 bridgehead atoms.